The van der Waals surface area contributed by atoms with Gasteiger partial charge in [0, 0.05) is 11.4 Å². The number of amides is 2. The molecule has 0 saturated carbocycles. The van der Waals surface area contributed by atoms with Gasteiger partial charge < -0.3 is 14.8 Å². The molecular formula is C32H28BrCl2N3O4. The van der Waals surface area contributed by atoms with Gasteiger partial charge in [-0.3, -0.25) is 9.59 Å². The van der Waals surface area contributed by atoms with Gasteiger partial charge in [0.2, 0.25) is 0 Å². The second-order valence-electron chi connectivity index (χ2n) is 9.28. The van der Waals surface area contributed by atoms with E-state index >= 15 is 0 Å². The van der Waals surface area contributed by atoms with E-state index in [-0.39, 0.29) is 11.4 Å². The van der Waals surface area contributed by atoms with Crippen molar-refractivity contribution in [1.82, 2.24) is 10.7 Å². The summed E-state index contributed by atoms with van der Waals surface area (Å²) in [5.74, 6) is 0.0140. The number of hydrogen-bond acceptors (Lipinski definition) is 5. The molecule has 2 atom stereocenters. The molecule has 0 saturated heterocycles. The molecule has 0 aliphatic carbocycles. The molecule has 0 bridgehead atoms. The number of nitrogens with one attached hydrogen (secondary N) is 2. The zero-order chi connectivity index (χ0) is 29.9. The Kier molecular flexibility index (Phi) is 11.4. The maximum absolute atomic E-state index is 13.1. The van der Waals surface area contributed by atoms with Gasteiger partial charge in [0.05, 0.1) is 15.7 Å². The maximum Gasteiger partial charge on any atom is 0.262 e. The van der Waals surface area contributed by atoms with Crippen LogP contribution in [0.5, 0.6) is 11.5 Å². The van der Waals surface area contributed by atoms with Crippen molar-refractivity contribution in [3.63, 3.8) is 0 Å². The van der Waals surface area contributed by atoms with Gasteiger partial charge in [0.25, 0.3) is 11.8 Å². The summed E-state index contributed by atoms with van der Waals surface area (Å²) in [6.07, 6.45) is 0.832. The summed E-state index contributed by atoms with van der Waals surface area (Å²) in [5.41, 5.74) is 5.20. The van der Waals surface area contributed by atoms with E-state index in [4.69, 9.17) is 32.7 Å². The van der Waals surface area contributed by atoms with E-state index in [1.165, 1.54) is 12.3 Å². The van der Waals surface area contributed by atoms with Gasteiger partial charge in [0.1, 0.15) is 24.1 Å². The fourth-order valence-electron chi connectivity index (χ4n) is 3.86. The standard InChI is InChI=1S/C32H28BrCl2N3O4/c1-21(42-30-15-13-25(34)18-27(30)35)31(39)37-28(17-22-8-4-2-5-9-22)32(40)38-36-19-24-12-14-29(26(33)16-24)41-20-23-10-6-3-7-11-23/h2-16,18-19,21,28H,17,20H2,1H3,(H,37,39)(H,38,40)/b36-19-/t21-,28-/m1/s1. The highest BCUT2D eigenvalue weighted by atomic mass is 79.9. The van der Waals surface area contributed by atoms with Crippen LogP contribution >= 0.6 is 39.1 Å². The highest BCUT2D eigenvalue weighted by Crippen LogP contribution is 2.28. The summed E-state index contributed by atoms with van der Waals surface area (Å²) in [7, 11) is 0. The van der Waals surface area contributed by atoms with Crippen LogP contribution in [0.3, 0.4) is 0 Å². The molecule has 2 amide bonds. The summed E-state index contributed by atoms with van der Waals surface area (Å²) in [4.78, 5) is 26.1. The molecule has 216 valence electrons. The van der Waals surface area contributed by atoms with E-state index < -0.39 is 24.0 Å². The summed E-state index contributed by atoms with van der Waals surface area (Å²) in [5, 5.41) is 7.60. The Morgan fingerprint density at radius 2 is 1.55 bits per heavy atom. The average Bonchev–Trinajstić information content (AvgIpc) is 2.98. The first kappa shape index (κ1) is 31.1. The van der Waals surface area contributed by atoms with Crippen molar-refractivity contribution in [1.29, 1.82) is 0 Å². The van der Waals surface area contributed by atoms with Crippen molar-refractivity contribution in [2.45, 2.75) is 32.1 Å². The van der Waals surface area contributed by atoms with Crippen LogP contribution in [0.1, 0.15) is 23.6 Å². The molecule has 4 aromatic rings. The zero-order valence-electron chi connectivity index (χ0n) is 22.6. The van der Waals surface area contributed by atoms with Crippen LogP contribution in [0, 0.1) is 0 Å². The van der Waals surface area contributed by atoms with Gasteiger partial charge >= 0.3 is 0 Å². The summed E-state index contributed by atoms with van der Waals surface area (Å²) < 4.78 is 12.4. The number of hydrogen-bond donors (Lipinski definition) is 2. The molecule has 0 unspecified atom stereocenters. The number of carbonyl (C=O) groups is 2. The number of nitrogens with zero attached hydrogens (tertiary/aromatic N) is 1. The van der Waals surface area contributed by atoms with Crippen molar-refractivity contribution < 1.29 is 19.1 Å². The Hall–Kier alpha value is -3.85. The first-order valence-electron chi connectivity index (χ1n) is 13.0. The Bertz CT molecular complexity index is 1540. The van der Waals surface area contributed by atoms with E-state index in [0.717, 1.165) is 21.2 Å². The minimum atomic E-state index is -0.932. The Morgan fingerprint density at radius 3 is 2.21 bits per heavy atom. The predicted octanol–water partition coefficient (Wildman–Crippen LogP) is 6.98. The first-order valence-corrected chi connectivity index (χ1v) is 14.6. The quantitative estimate of drug-likeness (QED) is 0.126. The van der Waals surface area contributed by atoms with E-state index in [2.05, 4.69) is 31.8 Å². The molecule has 0 spiro atoms. The zero-order valence-corrected chi connectivity index (χ0v) is 25.7. The molecule has 0 aliphatic rings. The van der Waals surface area contributed by atoms with Gasteiger partial charge in [-0.1, -0.05) is 83.9 Å². The molecule has 0 heterocycles. The third-order valence-electron chi connectivity index (χ3n) is 6.06. The summed E-state index contributed by atoms with van der Waals surface area (Å²) >= 11 is 15.6. The molecule has 7 nitrogen and oxygen atoms in total. The lowest BCUT2D eigenvalue weighted by atomic mass is 10.1. The topological polar surface area (TPSA) is 89.0 Å². The lowest BCUT2D eigenvalue weighted by Crippen LogP contribution is -2.50. The molecule has 10 heteroatoms. The second-order valence-corrected chi connectivity index (χ2v) is 11.0. The number of rotatable bonds is 12. The number of benzene rings is 4. The highest BCUT2D eigenvalue weighted by molar-refractivity contribution is 9.10. The van der Waals surface area contributed by atoms with Gasteiger partial charge in [0.15, 0.2) is 6.10 Å². The third-order valence-corrected chi connectivity index (χ3v) is 7.21. The van der Waals surface area contributed by atoms with Crippen LogP contribution < -0.4 is 20.2 Å². The number of carbonyl (C=O) groups excluding carboxylic acids is 2. The van der Waals surface area contributed by atoms with E-state index in [9.17, 15) is 9.59 Å². The summed E-state index contributed by atoms with van der Waals surface area (Å²) in [6, 6.07) is 28.5. The predicted molar refractivity (Wildman–Crippen MR) is 169 cm³/mol. The molecule has 0 fully saturated rings. The van der Waals surface area contributed by atoms with Crippen LogP contribution in [0.2, 0.25) is 10.0 Å². The second kappa shape index (κ2) is 15.4. The number of ether oxygens (including phenoxy) is 2. The monoisotopic (exact) mass is 667 g/mol. The Balaban J connectivity index is 1.38. The molecule has 4 aromatic carbocycles. The number of hydrazone groups is 1. The normalized spacial score (nSPS) is 12.4. The van der Waals surface area contributed by atoms with E-state index in [0.29, 0.717) is 23.1 Å². The molecule has 0 aliphatic heterocycles. The van der Waals surface area contributed by atoms with Gasteiger partial charge in [-0.2, -0.15) is 5.10 Å². The van der Waals surface area contributed by atoms with Crippen molar-refractivity contribution >= 4 is 57.2 Å². The fraction of sp³-hybridized carbons (Fsp3) is 0.156. The average molecular weight is 669 g/mol. The molecule has 0 aromatic heterocycles. The van der Waals surface area contributed by atoms with Crippen LogP contribution in [0.4, 0.5) is 0 Å². The molecule has 0 radical (unpaired) electrons. The molecule has 42 heavy (non-hydrogen) atoms. The minimum Gasteiger partial charge on any atom is -0.488 e. The third kappa shape index (κ3) is 9.34. The largest absolute Gasteiger partial charge is 0.488 e. The van der Waals surface area contributed by atoms with Crippen LogP contribution in [0.25, 0.3) is 0 Å². The van der Waals surface area contributed by atoms with Crippen molar-refractivity contribution in [2.24, 2.45) is 5.10 Å². The fourth-order valence-corrected chi connectivity index (χ4v) is 4.83. The first-order chi connectivity index (χ1) is 20.3. The van der Waals surface area contributed by atoms with Crippen LogP contribution in [-0.4, -0.2) is 30.2 Å². The highest BCUT2D eigenvalue weighted by Gasteiger charge is 2.25. The van der Waals surface area contributed by atoms with Crippen LogP contribution in [-0.2, 0) is 22.6 Å². The van der Waals surface area contributed by atoms with Gasteiger partial charge in [-0.15, -0.1) is 0 Å². The SMILES string of the molecule is C[C@@H](Oc1ccc(Cl)cc1Cl)C(=O)N[C@H](Cc1ccccc1)C(=O)N/N=C\c1ccc(OCc2ccccc2)c(Br)c1. The smallest absolute Gasteiger partial charge is 0.262 e. The lowest BCUT2D eigenvalue weighted by Gasteiger charge is -2.21. The molecular weight excluding hydrogens is 641 g/mol. The van der Waals surface area contributed by atoms with Gasteiger partial charge in [-0.25, -0.2) is 5.43 Å². The lowest BCUT2D eigenvalue weighted by molar-refractivity contribution is -0.132. The van der Waals surface area contributed by atoms with Crippen molar-refractivity contribution in [3.05, 3.63) is 128 Å². The molecule has 2 N–H and O–H groups in total. The van der Waals surface area contributed by atoms with Gasteiger partial charge in [-0.05, 0) is 75.9 Å². The van der Waals surface area contributed by atoms with E-state index in [1.54, 1.807) is 19.1 Å². The maximum atomic E-state index is 13.1. The minimum absolute atomic E-state index is 0.251. The summed E-state index contributed by atoms with van der Waals surface area (Å²) in [6.45, 7) is 2.01. The van der Waals surface area contributed by atoms with Crippen molar-refractivity contribution in [3.8, 4) is 11.5 Å². The molecule has 4 rings (SSSR count). The van der Waals surface area contributed by atoms with Crippen molar-refractivity contribution in [2.75, 3.05) is 0 Å². The Morgan fingerprint density at radius 1 is 0.881 bits per heavy atom. The van der Waals surface area contributed by atoms with Crippen LogP contribution in [0.15, 0.2) is 107 Å². The Labute approximate surface area is 263 Å². The van der Waals surface area contributed by atoms with E-state index in [1.807, 2.05) is 78.9 Å². The number of halogens is 3.